The van der Waals surface area contributed by atoms with Gasteiger partial charge < -0.3 is 15.4 Å². The third-order valence-corrected chi connectivity index (χ3v) is 2.98. The minimum atomic E-state index is -4.13. The second kappa shape index (κ2) is 8.31. The van der Waals surface area contributed by atoms with Crippen molar-refractivity contribution in [2.75, 3.05) is 46.4 Å². The van der Waals surface area contributed by atoms with Gasteiger partial charge in [0.1, 0.15) is 0 Å². The molecule has 0 aliphatic carbocycles. The van der Waals surface area contributed by atoms with Crippen LogP contribution in [0.2, 0.25) is 0 Å². The largest absolute Gasteiger partial charge is 0.401 e. The minimum absolute atomic E-state index is 0.00403. The molecule has 0 amide bonds. The lowest BCUT2D eigenvalue weighted by atomic mass is 10.3. The van der Waals surface area contributed by atoms with Gasteiger partial charge in [0, 0.05) is 39.3 Å². The van der Waals surface area contributed by atoms with E-state index < -0.39 is 12.7 Å². The number of rotatable bonds is 6. The van der Waals surface area contributed by atoms with Crippen LogP contribution in [0.3, 0.4) is 0 Å². The van der Waals surface area contributed by atoms with Crippen LogP contribution in [-0.4, -0.2) is 69.5 Å². The molecule has 1 aliphatic rings. The van der Waals surface area contributed by atoms with E-state index in [0.717, 1.165) is 0 Å². The molecule has 0 radical (unpaired) electrons. The summed E-state index contributed by atoms with van der Waals surface area (Å²) in [5.74, 6) is 0.601. The molecule has 1 aliphatic heterocycles. The molecule has 0 bridgehead atoms. The number of likely N-dealkylation sites (tertiary alicyclic amines) is 1. The molecule has 1 fully saturated rings. The van der Waals surface area contributed by atoms with E-state index >= 15 is 0 Å². The van der Waals surface area contributed by atoms with Gasteiger partial charge in [-0.2, -0.15) is 13.2 Å². The number of alkyl halides is 3. The highest BCUT2D eigenvalue weighted by molar-refractivity contribution is 5.80. The zero-order valence-electron chi connectivity index (χ0n) is 12.0. The van der Waals surface area contributed by atoms with E-state index in [0.29, 0.717) is 45.2 Å². The summed E-state index contributed by atoms with van der Waals surface area (Å²) in [6.07, 6.45) is -3.45. The van der Waals surface area contributed by atoms with E-state index in [2.05, 4.69) is 15.6 Å². The number of aliphatic imine (C=N–C) groups is 1. The Morgan fingerprint density at radius 1 is 1.45 bits per heavy atom. The van der Waals surface area contributed by atoms with Crippen LogP contribution in [0, 0.1) is 0 Å². The van der Waals surface area contributed by atoms with Crippen molar-refractivity contribution in [3.05, 3.63) is 0 Å². The monoisotopic (exact) mass is 296 g/mol. The van der Waals surface area contributed by atoms with Crippen LogP contribution >= 0.6 is 0 Å². The lowest BCUT2D eigenvalue weighted by molar-refractivity contribution is -0.143. The highest BCUT2D eigenvalue weighted by Gasteiger charge is 2.34. The van der Waals surface area contributed by atoms with E-state index in [1.165, 1.54) is 4.90 Å². The van der Waals surface area contributed by atoms with Crippen molar-refractivity contribution in [1.82, 2.24) is 15.5 Å². The smallest absolute Gasteiger partial charge is 0.380 e. The average Bonchev–Trinajstić information content (AvgIpc) is 2.78. The van der Waals surface area contributed by atoms with E-state index in [1.54, 1.807) is 7.05 Å². The lowest BCUT2D eigenvalue weighted by Crippen LogP contribution is -2.46. The fourth-order valence-corrected chi connectivity index (χ4v) is 2.12. The molecule has 0 aromatic carbocycles. The van der Waals surface area contributed by atoms with Gasteiger partial charge in [0.2, 0.25) is 0 Å². The number of hydrogen-bond donors (Lipinski definition) is 2. The van der Waals surface area contributed by atoms with Gasteiger partial charge in [-0.05, 0) is 13.3 Å². The van der Waals surface area contributed by atoms with Crippen LogP contribution in [0.15, 0.2) is 4.99 Å². The number of ether oxygens (including phenoxy) is 1. The Balaban J connectivity index is 2.26. The second-order valence-corrected chi connectivity index (χ2v) is 4.68. The molecule has 2 N–H and O–H groups in total. The Bertz CT molecular complexity index is 310. The molecule has 1 heterocycles. The molecule has 20 heavy (non-hydrogen) atoms. The fraction of sp³-hybridized carbons (Fsp3) is 0.917. The number of halogens is 3. The van der Waals surface area contributed by atoms with E-state index in [-0.39, 0.29) is 6.04 Å². The van der Waals surface area contributed by atoms with Crippen molar-refractivity contribution in [2.45, 2.75) is 25.6 Å². The van der Waals surface area contributed by atoms with Gasteiger partial charge in [-0.15, -0.1) is 0 Å². The standard InChI is InChI=1S/C12H23F3N4O/c1-3-20-7-5-17-11(16-2)18-10-4-6-19(8-10)9-12(13,14)15/h10H,3-9H2,1-2H3,(H2,16,17,18). The van der Waals surface area contributed by atoms with E-state index in [1.807, 2.05) is 6.92 Å². The first-order valence-corrected chi connectivity index (χ1v) is 6.78. The molecule has 8 heteroatoms. The Labute approximate surface area is 117 Å². The zero-order chi connectivity index (χ0) is 15.0. The van der Waals surface area contributed by atoms with Gasteiger partial charge >= 0.3 is 6.18 Å². The Morgan fingerprint density at radius 2 is 2.20 bits per heavy atom. The Morgan fingerprint density at radius 3 is 2.80 bits per heavy atom. The summed E-state index contributed by atoms with van der Waals surface area (Å²) in [5, 5.41) is 6.20. The molecule has 0 aromatic rings. The maximum absolute atomic E-state index is 12.3. The van der Waals surface area contributed by atoms with Crippen LogP contribution < -0.4 is 10.6 Å². The van der Waals surface area contributed by atoms with Crippen molar-refractivity contribution < 1.29 is 17.9 Å². The molecule has 5 nitrogen and oxygen atoms in total. The molecular formula is C12H23F3N4O. The maximum atomic E-state index is 12.3. The Hall–Kier alpha value is -1.02. The Kier molecular flexibility index (Phi) is 7.08. The molecule has 118 valence electrons. The number of nitrogens with one attached hydrogen (secondary N) is 2. The summed E-state index contributed by atoms with van der Waals surface area (Å²) in [4.78, 5) is 5.45. The summed E-state index contributed by atoms with van der Waals surface area (Å²) < 4.78 is 42.1. The molecule has 1 unspecified atom stereocenters. The van der Waals surface area contributed by atoms with Gasteiger partial charge in [-0.1, -0.05) is 0 Å². The molecular weight excluding hydrogens is 273 g/mol. The topological polar surface area (TPSA) is 48.9 Å². The van der Waals surface area contributed by atoms with Crippen LogP contribution in [0.1, 0.15) is 13.3 Å². The molecule has 1 atom stereocenters. The third kappa shape index (κ3) is 6.95. The highest BCUT2D eigenvalue weighted by atomic mass is 19.4. The first-order valence-electron chi connectivity index (χ1n) is 6.78. The average molecular weight is 296 g/mol. The first kappa shape index (κ1) is 17.0. The van der Waals surface area contributed by atoms with Gasteiger partial charge in [0.25, 0.3) is 0 Å². The lowest BCUT2D eigenvalue weighted by Gasteiger charge is -2.19. The number of nitrogens with zero attached hydrogens (tertiary/aromatic N) is 2. The normalized spacial score (nSPS) is 21.2. The quantitative estimate of drug-likeness (QED) is 0.433. The van der Waals surface area contributed by atoms with Crippen LogP contribution in [-0.2, 0) is 4.74 Å². The molecule has 0 spiro atoms. The van der Waals surface area contributed by atoms with E-state index in [4.69, 9.17) is 4.74 Å². The minimum Gasteiger partial charge on any atom is -0.380 e. The summed E-state index contributed by atoms with van der Waals surface area (Å²) in [6, 6.07) is -0.00403. The third-order valence-electron chi connectivity index (χ3n) is 2.98. The molecule has 1 saturated heterocycles. The van der Waals surface area contributed by atoms with Gasteiger partial charge in [-0.3, -0.25) is 9.89 Å². The van der Waals surface area contributed by atoms with Gasteiger partial charge in [-0.25, -0.2) is 0 Å². The molecule has 1 rings (SSSR count). The van der Waals surface area contributed by atoms with Crippen LogP contribution in [0.4, 0.5) is 13.2 Å². The summed E-state index contributed by atoms with van der Waals surface area (Å²) in [6.45, 7) is 3.75. The van der Waals surface area contributed by atoms with Crippen molar-refractivity contribution in [1.29, 1.82) is 0 Å². The van der Waals surface area contributed by atoms with Crippen LogP contribution in [0.5, 0.6) is 0 Å². The van der Waals surface area contributed by atoms with Crippen molar-refractivity contribution in [3.63, 3.8) is 0 Å². The summed E-state index contributed by atoms with van der Waals surface area (Å²) >= 11 is 0. The molecule has 0 aromatic heterocycles. The first-order chi connectivity index (χ1) is 9.44. The SMILES string of the molecule is CCOCCNC(=NC)NC1CCN(CC(F)(F)F)C1. The maximum Gasteiger partial charge on any atom is 0.401 e. The summed E-state index contributed by atoms with van der Waals surface area (Å²) in [7, 11) is 1.64. The van der Waals surface area contributed by atoms with Crippen LogP contribution in [0.25, 0.3) is 0 Å². The summed E-state index contributed by atoms with van der Waals surface area (Å²) in [5.41, 5.74) is 0. The second-order valence-electron chi connectivity index (χ2n) is 4.68. The van der Waals surface area contributed by atoms with E-state index in [9.17, 15) is 13.2 Å². The highest BCUT2D eigenvalue weighted by Crippen LogP contribution is 2.19. The van der Waals surface area contributed by atoms with Crippen molar-refractivity contribution in [3.8, 4) is 0 Å². The zero-order valence-corrected chi connectivity index (χ0v) is 12.0. The van der Waals surface area contributed by atoms with Gasteiger partial charge in [0.05, 0.1) is 13.2 Å². The fourth-order valence-electron chi connectivity index (χ4n) is 2.12. The molecule has 0 saturated carbocycles. The van der Waals surface area contributed by atoms with Crippen molar-refractivity contribution in [2.24, 2.45) is 4.99 Å². The van der Waals surface area contributed by atoms with Gasteiger partial charge in [0.15, 0.2) is 5.96 Å². The predicted octanol–water partition coefficient (Wildman–Crippen LogP) is 0.824. The van der Waals surface area contributed by atoms with Crippen molar-refractivity contribution >= 4 is 5.96 Å². The number of guanidine groups is 1. The number of hydrogen-bond acceptors (Lipinski definition) is 3. The predicted molar refractivity (Wildman–Crippen MR) is 71.9 cm³/mol.